The number of aromatic nitrogens is 1. The van der Waals surface area contributed by atoms with Crippen molar-refractivity contribution in [2.75, 3.05) is 11.9 Å². The molecule has 3 N–H and O–H groups in total. The number of carbonyl (C=O) groups excluding carboxylic acids is 1. The number of nitrogens with zero attached hydrogens (tertiary/aromatic N) is 1. The van der Waals surface area contributed by atoms with E-state index in [0.717, 1.165) is 23.2 Å². The van der Waals surface area contributed by atoms with Crippen molar-refractivity contribution < 1.29 is 4.79 Å². The minimum atomic E-state index is -0.191. The summed E-state index contributed by atoms with van der Waals surface area (Å²) in [5, 5.41) is 7.46. The summed E-state index contributed by atoms with van der Waals surface area (Å²) < 4.78 is 0. The Morgan fingerprint density at radius 1 is 0.935 bits per heavy atom. The lowest BCUT2D eigenvalue weighted by Crippen LogP contribution is -2.36. The van der Waals surface area contributed by atoms with Gasteiger partial charge in [0.15, 0.2) is 0 Å². The highest BCUT2D eigenvalue weighted by Crippen LogP contribution is 2.19. The first kappa shape index (κ1) is 20.4. The number of para-hydroxylation sites is 1. The van der Waals surface area contributed by atoms with E-state index >= 15 is 0 Å². The molecule has 0 aliphatic carbocycles. The largest absolute Gasteiger partial charge is 0.361 e. The molecule has 3 aromatic carbocycles. The zero-order valence-corrected chi connectivity index (χ0v) is 17.8. The first-order chi connectivity index (χ1) is 15.1. The van der Waals surface area contributed by atoms with Crippen molar-refractivity contribution in [3.8, 4) is 0 Å². The predicted octanol–water partition coefficient (Wildman–Crippen LogP) is 5.23. The second-order valence-corrected chi connectivity index (χ2v) is 7.53. The molecule has 156 valence electrons. The van der Waals surface area contributed by atoms with E-state index in [1.165, 1.54) is 16.5 Å². The standard InChI is InChI=1S/C26H26N4O/c1-18-9-8-14-23(19(18)2)29-26(30-25(31)20-10-4-3-5-11-20)27-16-15-21-17-28-24-13-7-6-12-22(21)24/h3-14,17,28H,15-16H2,1-2H3,(H2,27,29,30,31). The first-order valence-electron chi connectivity index (χ1n) is 10.4. The quantitative estimate of drug-likeness (QED) is 0.312. The van der Waals surface area contributed by atoms with E-state index in [0.29, 0.717) is 18.1 Å². The molecule has 5 nitrogen and oxygen atoms in total. The summed E-state index contributed by atoms with van der Waals surface area (Å²) in [6.45, 7) is 4.67. The van der Waals surface area contributed by atoms with Crippen molar-refractivity contribution in [1.82, 2.24) is 10.3 Å². The Bertz CT molecular complexity index is 1220. The topological polar surface area (TPSA) is 69.3 Å². The van der Waals surface area contributed by atoms with Gasteiger partial charge in [0.2, 0.25) is 5.96 Å². The van der Waals surface area contributed by atoms with Gasteiger partial charge in [-0.25, -0.2) is 0 Å². The molecule has 4 rings (SSSR count). The van der Waals surface area contributed by atoms with Gasteiger partial charge in [-0.15, -0.1) is 0 Å². The number of guanidine groups is 1. The predicted molar refractivity (Wildman–Crippen MR) is 128 cm³/mol. The summed E-state index contributed by atoms with van der Waals surface area (Å²) in [7, 11) is 0. The van der Waals surface area contributed by atoms with Crippen LogP contribution in [-0.2, 0) is 6.42 Å². The van der Waals surface area contributed by atoms with E-state index in [4.69, 9.17) is 4.99 Å². The summed E-state index contributed by atoms with van der Waals surface area (Å²) in [4.78, 5) is 20.7. The number of amides is 1. The van der Waals surface area contributed by atoms with E-state index in [2.05, 4.69) is 47.7 Å². The Hall–Kier alpha value is -3.86. The van der Waals surface area contributed by atoms with E-state index in [9.17, 15) is 4.79 Å². The molecule has 0 unspecified atom stereocenters. The average molecular weight is 411 g/mol. The maximum absolute atomic E-state index is 12.7. The highest BCUT2D eigenvalue weighted by atomic mass is 16.1. The number of anilines is 1. The van der Waals surface area contributed by atoms with Crippen LogP contribution in [0.3, 0.4) is 0 Å². The number of benzene rings is 3. The summed E-state index contributed by atoms with van der Waals surface area (Å²) in [6, 6.07) is 23.4. The zero-order chi connectivity index (χ0) is 21.6. The van der Waals surface area contributed by atoms with Crippen LogP contribution in [0.2, 0.25) is 0 Å². The fourth-order valence-electron chi connectivity index (χ4n) is 3.52. The van der Waals surface area contributed by atoms with Gasteiger partial charge >= 0.3 is 0 Å². The number of aliphatic imine (C=N–C) groups is 1. The summed E-state index contributed by atoms with van der Waals surface area (Å²) in [5.41, 5.74) is 6.15. The molecule has 0 spiro atoms. The number of H-pyrrole nitrogens is 1. The second-order valence-electron chi connectivity index (χ2n) is 7.53. The molecule has 1 heterocycles. The average Bonchev–Trinajstić information content (AvgIpc) is 3.20. The van der Waals surface area contributed by atoms with Crippen LogP contribution in [0.5, 0.6) is 0 Å². The summed E-state index contributed by atoms with van der Waals surface area (Å²) >= 11 is 0. The molecule has 0 saturated heterocycles. The summed E-state index contributed by atoms with van der Waals surface area (Å²) in [5.74, 6) is 0.256. The molecule has 0 aliphatic heterocycles. The van der Waals surface area contributed by atoms with Crippen molar-refractivity contribution in [2.24, 2.45) is 4.99 Å². The number of hydrogen-bond donors (Lipinski definition) is 3. The minimum Gasteiger partial charge on any atom is -0.361 e. The van der Waals surface area contributed by atoms with Crippen molar-refractivity contribution in [1.29, 1.82) is 0 Å². The van der Waals surface area contributed by atoms with Gasteiger partial charge in [0, 0.05) is 34.9 Å². The highest BCUT2D eigenvalue weighted by Gasteiger charge is 2.11. The van der Waals surface area contributed by atoms with Gasteiger partial charge in [0.05, 0.1) is 0 Å². The molecule has 0 fully saturated rings. The number of aryl methyl sites for hydroxylation is 1. The Morgan fingerprint density at radius 2 is 1.71 bits per heavy atom. The van der Waals surface area contributed by atoms with Crippen LogP contribution < -0.4 is 10.6 Å². The summed E-state index contributed by atoms with van der Waals surface area (Å²) in [6.07, 6.45) is 2.80. The van der Waals surface area contributed by atoms with Gasteiger partial charge in [-0.1, -0.05) is 48.5 Å². The molecule has 4 aromatic rings. The smallest absolute Gasteiger partial charge is 0.257 e. The van der Waals surface area contributed by atoms with Crippen LogP contribution in [0.1, 0.15) is 27.0 Å². The van der Waals surface area contributed by atoms with E-state index < -0.39 is 0 Å². The van der Waals surface area contributed by atoms with Crippen molar-refractivity contribution in [2.45, 2.75) is 20.3 Å². The number of fused-ring (bicyclic) bond motifs is 1. The molecule has 31 heavy (non-hydrogen) atoms. The fraction of sp³-hybridized carbons (Fsp3) is 0.154. The van der Waals surface area contributed by atoms with Gasteiger partial charge in [0.25, 0.3) is 5.91 Å². The van der Waals surface area contributed by atoms with Crippen LogP contribution in [0.15, 0.2) is 84.0 Å². The van der Waals surface area contributed by atoms with Gasteiger partial charge in [0.1, 0.15) is 0 Å². The molecule has 0 atom stereocenters. The van der Waals surface area contributed by atoms with Crippen molar-refractivity contribution in [3.05, 3.63) is 101 Å². The van der Waals surface area contributed by atoms with Crippen LogP contribution >= 0.6 is 0 Å². The van der Waals surface area contributed by atoms with E-state index in [1.54, 1.807) is 12.1 Å². The van der Waals surface area contributed by atoms with Crippen LogP contribution in [0.25, 0.3) is 10.9 Å². The number of rotatable bonds is 5. The van der Waals surface area contributed by atoms with E-state index in [1.807, 2.05) is 48.7 Å². The van der Waals surface area contributed by atoms with E-state index in [-0.39, 0.29) is 5.91 Å². The van der Waals surface area contributed by atoms with Gasteiger partial charge < -0.3 is 10.3 Å². The molecule has 0 aliphatic rings. The third-order valence-electron chi connectivity index (χ3n) is 5.45. The van der Waals surface area contributed by atoms with Crippen molar-refractivity contribution >= 4 is 28.5 Å². The minimum absolute atomic E-state index is 0.191. The van der Waals surface area contributed by atoms with Crippen LogP contribution in [-0.4, -0.2) is 23.4 Å². The maximum atomic E-state index is 12.7. The first-order valence-corrected chi connectivity index (χ1v) is 10.4. The third kappa shape index (κ3) is 4.83. The maximum Gasteiger partial charge on any atom is 0.257 e. The number of aromatic amines is 1. The van der Waals surface area contributed by atoms with Gasteiger partial charge in [-0.3, -0.25) is 15.1 Å². The van der Waals surface area contributed by atoms with Gasteiger partial charge in [-0.05, 0) is 61.2 Å². The van der Waals surface area contributed by atoms with Crippen LogP contribution in [0.4, 0.5) is 5.69 Å². The SMILES string of the molecule is Cc1cccc(NC(=NCCc2c[nH]c3ccccc23)NC(=O)c2ccccc2)c1C. The molecule has 1 amide bonds. The molecule has 5 heteroatoms. The third-order valence-corrected chi connectivity index (χ3v) is 5.45. The molecule has 1 aromatic heterocycles. The molecule has 0 radical (unpaired) electrons. The Balaban J connectivity index is 1.54. The van der Waals surface area contributed by atoms with Crippen molar-refractivity contribution in [3.63, 3.8) is 0 Å². The number of hydrogen-bond acceptors (Lipinski definition) is 2. The Labute approximate surface area is 182 Å². The lowest BCUT2D eigenvalue weighted by molar-refractivity contribution is 0.0977. The highest BCUT2D eigenvalue weighted by molar-refractivity contribution is 6.10. The Morgan fingerprint density at radius 3 is 2.55 bits per heavy atom. The number of carbonyl (C=O) groups is 1. The monoisotopic (exact) mass is 410 g/mol. The second kappa shape index (κ2) is 9.30. The lowest BCUT2D eigenvalue weighted by atomic mass is 10.1. The van der Waals surface area contributed by atoms with Gasteiger partial charge in [-0.2, -0.15) is 0 Å². The normalized spacial score (nSPS) is 11.5. The Kier molecular flexibility index (Phi) is 6.13. The molecule has 0 saturated carbocycles. The molecular formula is C26H26N4O. The molecule has 0 bridgehead atoms. The van der Waals surface area contributed by atoms with Crippen LogP contribution in [0, 0.1) is 13.8 Å². The zero-order valence-electron chi connectivity index (χ0n) is 17.8. The number of nitrogens with one attached hydrogen (secondary N) is 3. The lowest BCUT2D eigenvalue weighted by Gasteiger charge is -2.15. The fourth-order valence-corrected chi connectivity index (χ4v) is 3.52. The molecular weight excluding hydrogens is 384 g/mol.